The molecule has 0 unspecified atom stereocenters. The first-order valence-electron chi connectivity index (χ1n) is 6.23. The van der Waals surface area contributed by atoms with Gasteiger partial charge in [0.2, 0.25) is 0 Å². The molecule has 0 aromatic carbocycles. The molecule has 0 atom stereocenters. The van der Waals surface area contributed by atoms with Crippen LogP contribution in [0, 0.1) is 0 Å². The Balaban J connectivity index is 1.90. The van der Waals surface area contributed by atoms with Gasteiger partial charge in [-0.25, -0.2) is 9.97 Å². The van der Waals surface area contributed by atoms with Crippen molar-refractivity contribution in [3.05, 3.63) is 54.0 Å². The van der Waals surface area contributed by atoms with E-state index in [1.807, 2.05) is 36.5 Å². The molecule has 1 amide bonds. The van der Waals surface area contributed by atoms with Crippen molar-refractivity contribution in [2.45, 2.75) is 0 Å². The summed E-state index contributed by atoms with van der Waals surface area (Å²) in [5, 5.41) is 3.75. The maximum absolute atomic E-state index is 12.0. The number of nitrogens with one attached hydrogen (secondary N) is 2. The fraction of sp³-hybridized carbons (Fsp3) is 0. The van der Waals surface area contributed by atoms with Crippen molar-refractivity contribution in [3.8, 4) is 0 Å². The second kappa shape index (κ2) is 4.03. The molecule has 0 fully saturated rings. The lowest BCUT2D eigenvalue weighted by molar-refractivity contribution is -0.110. The van der Waals surface area contributed by atoms with Crippen LogP contribution in [-0.2, 0) is 4.79 Å². The fourth-order valence-electron chi connectivity index (χ4n) is 2.41. The number of H-pyrrole nitrogens is 1. The zero-order valence-electron chi connectivity index (χ0n) is 10.4. The minimum atomic E-state index is -0.128. The minimum Gasteiger partial charge on any atom is -0.346 e. The summed E-state index contributed by atoms with van der Waals surface area (Å²) in [7, 11) is 0. The van der Waals surface area contributed by atoms with E-state index < -0.39 is 0 Å². The molecule has 5 nitrogen and oxygen atoms in total. The van der Waals surface area contributed by atoms with Crippen LogP contribution in [-0.4, -0.2) is 20.9 Å². The predicted octanol–water partition coefficient (Wildman–Crippen LogP) is 2.45. The van der Waals surface area contributed by atoms with Crippen molar-refractivity contribution in [1.82, 2.24) is 15.0 Å². The maximum Gasteiger partial charge on any atom is 0.257 e. The molecule has 0 saturated heterocycles. The van der Waals surface area contributed by atoms with E-state index >= 15 is 0 Å². The van der Waals surface area contributed by atoms with Crippen LogP contribution in [0.15, 0.2) is 42.9 Å². The highest BCUT2D eigenvalue weighted by Gasteiger charge is 2.24. The summed E-state index contributed by atoms with van der Waals surface area (Å²) in [5.41, 5.74) is 3.20. The third kappa shape index (κ3) is 1.53. The Morgan fingerprint density at radius 3 is 2.90 bits per heavy atom. The van der Waals surface area contributed by atoms with Crippen LogP contribution >= 0.6 is 0 Å². The Morgan fingerprint density at radius 2 is 1.95 bits per heavy atom. The van der Waals surface area contributed by atoms with Gasteiger partial charge in [0.25, 0.3) is 5.91 Å². The minimum absolute atomic E-state index is 0.128. The molecule has 5 heteroatoms. The van der Waals surface area contributed by atoms with Crippen LogP contribution < -0.4 is 5.32 Å². The Morgan fingerprint density at radius 1 is 1.10 bits per heavy atom. The highest BCUT2D eigenvalue weighted by Crippen LogP contribution is 2.32. The van der Waals surface area contributed by atoms with Gasteiger partial charge in [0.15, 0.2) is 0 Å². The number of fused-ring (bicyclic) bond motifs is 2. The molecule has 4 rings (SSSR count). The van der Waals surface area contributed by atoms with E-state index in [2.05, 4.69) is 20.3 Å². The monoisotopic (exact) mass is 262 g/mol. The second-order valence-electron chi connectivity index (χ2n) is 4.56. The number of aromatic amines is 1. The molecule has 96 valence electrons. The fourth-order valence-corrected chi connectivity index (χ4v) is 2.41. The van der Waals surface area contributed by atoms with Crippen LogP contribution in [0.25, 0.3) is 22.7 Å². The quantitative estimate of drug-likeness (QED) is 0.662. The van der Waals surface area contributed by atoms with Gasteiger partial charge in [-0.3, -0.25) is 4.79 Å². The second-order valence-corrected chi connectivity index (χ2v) is 4.56. The van der Waals surface area contributed by atoms with Crippen molar-refractivity contribution < 1.29 is 4.79 Å². The molecule has 0 bridgehead atoms. The lowest BCUT2D eigenvalue weighted by atomic mass is 10.1. The molecule has 4 heterocycles. The topological polar surface area (TPSA) is 70.7 Å². The van der Waals surface area contributed by atoms with Crippen molar-refractivity contribution in [2.75, 3.05) is 5.32 Å². The van der Waals surface area contributed by atoms with Gasteiger partial charge in [-0.2, -0.15) is 0 Å². The van der Waals surface area contributed by atoms with Crippen LogP contribution in [0.1, 0.15) is 11.1 Å². The summed E-state index contributed by atoms with van der Waals surface area (Å²) >= 11 is 0. The molecule has 0 aliphatic carbocycles. The van der Waals surface area contributed by atoms with Crippen LogP contribution in [0.4, 0.5) is 5.82 Å². The largest absolute Gasteiger partial charge is 0.346 e. The molecule has 2 N–H and O–H groups in total. The maximum atomic E-state index is 12.0. The number of aromatic nitrogens is 3. The normalized spacial score (nSPS) is 15.6. The number of amides is 1. The summed E-state index contributed by atoms with van der Waals surface area (Å²) in [6, 6.07) is 7.56. The highest BCUT2D eigenvalue weighted by molar-refractivity contribution is 6.34. The Hall–Kier alpha value is -2.95. The lowest BCUT2D eigenvalue weighted by Crippen LogP contribution is -2.04. The third-order valence-corrected chi connectivity index (χ3v) is 3.36. The van der Waals surface area contributed by atoms with Crippen molar-refractivity contribution in [3.63, 3.8) is 0 Å². The van der Waals surface area contributed by atoms with Gasteiger partial charge >= 0.3 is 0 Å². The van der Waals surface area contributed by atoms with Crippen LogP contribution in [0.3, 0.4) is 0 Å². The molecule has 3 aromatic rings. The number of rotatable bonds is 1. The Kier molecular flexibility index (Phi) is 2.20. The first-order chi connectivity index (χ1) is 9.83. The smallest absolute Gasteiger partial charge is 0.257 e. The van der Waals surface area contributed by atoms with Gasteiger partial charge in [-0.1, -0.05) is 0 Å². The van der Waals surface area contributed by atoms with E-state index in [9.17, 15) is 4.79 Å². The SMILES string of the molecule is O=C1Nc2ncccc2/C1=C\c1c[nH]c2ncccc12. The summed E-state index contributed by atoms with van der Waals surface area (Å²) in [5.74, 6) is 0.485. The molecule has 0 radical (unpaired) electrons. The predicted molar refractivity (Wildman–Crippen MR) is 76.8 cm³/mol. The number of carbonyl (C=O) groups excluding carboxylic acids is 1. The highest BCUT2D eigenvalue weighted by atomic mass is 16.2. The van der Waals surface area contributed by atoms with Gasteiger partial charge < -0.3 is 10.3 Å². The Labute approximate surface area is 114 Å². The van der Waals surface area contributed by atoms with E-state index in [0.717, 1.165) is 22.2 Å². The first-order valence-corrected chi connectivity index (χ1v) is 6.23. The van der Waals surface area contributed by atoms with Gasteiger partial charge in [0.1, 0.15) is 11.5 Å². The summed E-state index contributed by atoms with van der Waals surface area (Å²) in [6.45, 7) is 0. The number of anilines is 1. The molecule has 1 aliphatic heterocycles. The molecular weight excluding hydrogens is 252 g/mol. The van der Waals surface area contributed by atoms with Gasteiger partial charge in [-0.05, 0) is 30.3 Å². The van der Waals surface area contributed by atoms with E-state index in [-0.39, 0.29) is 5.91 Å². The zero-order chi connectivity index (χ0) is 13.5. The number of carbonyl (C=O) groups is 1. The van der Waals surface area contributed by atoms with Crippen molar-refractivity contribution >= 4 is 34.4 Å². The van der Waals surface area contributed by atoms with Gasteiger partial charge in [0.05, 0.1) is 5.57 Å². The standard InChI is InChI=1S/C15H10N4O/c20-15-12(11-4-2-6-17-14(11)19-15)7-9-8-18-13-10(9)3-1-5-16-13/h1-8H,(H,16,18)(H,17,19,20)/b12-7+. The number of pyridine rings is 2. The molecule has 20 heavy (non-hydrogen) atoms. The van der Waals surface area contributed by atoms with Gasteiger partial charge in [-0.15, -0.1) is 0 Å². The van der Waals surface area contributed by atoms with E-state index in [1.165, 1.54) is 0 Å². The molecule has 0 saturated carbocycles. The third-order valence-electron chi connectivity index (χ3n) is 3.36. The summed E-state index contributed by atoms with van der Waals surface area (Å²) in [6.07, 6.45) is 7.12. The average molecular weight is 262 g/mol. The van der Waals surface area contributed by atoms with Crippen LogP contribution in [0.5, 0.6) is 0 Å². The molecule has 3 aromatic heterocycles. The summed E-state index contributed by atoms with van der Waals surface area (Å²) < 4.78 is 0. The van der Waals surface area contributed by atoms with E-state index in [1.54, 1.807) is 12.4 Å². The van der Waals surface area contributed by atoms with Crippen molar-refractivity contribution in [2.24, 2.45) is 0 Å². The molecule has 0 spiro atoms. The number of hydrogen-bond donors (Lipinski definition) is 2. The van der Waals surface area contributed by atoms with E-state index in [4.69, 9.17) is 0 Å². The molecular formula is C15H10N4O. The average Bonchev–Trinajstić information content (AvgIpc) is 3.02. The molecule has 1 aliphatic rings. The number of hydrogen-bond acceptors (Lipinski definition) is 3. The van der Waals surface area contributed by atoms with Crippen LogP contribution in [0.2, 0.25) is 0 Å². The Bertz CT molecular complexity index is 863. The van der Waals surface area contributed by atoms with Gasteiger partial charge in [0, 0.05) is 35.1 Å². The lowest BCUT2D eigenvalue weighted by Gasteiger charge is -1.96. The van der Waals surface area contributed by atoms with Crippen molar-refractivity contribution in [1.29, 1.82) is 0 Å². The summed E-state index contributed by atoms with van der Waals surface area (Å²) in [4.78, 5) is 23.5. The number of nitrogens with zero attached hydrogens (tertiary/aromatic N) is 2. The zero-order valence-corrected chi connectivity index (χ0v) is 10.4. The first kappa shape index (κ1) is 10.9. The van der Waals surface area contributed by atoms with E-state index in [0.29, 0.717) is 11.4 Å².